The summed E-state index contributed by atoms with van der Waals surface area (Å²) in [6, 6.07) is 10.2. The van der Waals surface area contributed by atoms with Crippen LogP contribution in [0.4, 0.5) is 0 Å². The largest absolute Gasteiger partial charge is 0.332 e. The van der Waals surface area contributed by atoms with Crippen molar-refractivity contribution in [3.05, 3.63) is 68.1 Å². The van der Waals surface area contributed by atoms with Crippen LogP contribution in [-0.4, -0.2) is 23.1 Å². The third kappa shape index (κ3) is 2.75. The summed E-state index contributed by atoms with van der Waals surface area (Å²) >= 11 is 0. The zero-order chi connectivity index (χ0) is 21.0. The number of hydrogen-bond donors (Lipinski definition) is 0. The van der Waals surface area contributed by atoms with Crippen LogP contribution in [0, 0.1) is 19.8 Å². The van der Waals surface area contributed by atoms with Gasteiger partial charge in [-0.2, -0.15) is 4.98 Å². The Kier molecular flexibility index (Phi) is 4.48. The zero-order valence-corrected chi connectivity index (χ0v) is 17.8. The molecule has 1 atom stereocenters. The standard InChI is InChI=1S/C22H27N5O2/c1-13(2)12-25-20(28)18-19(24(6)22(25)29)23-21-26(14(3)15(4)27(18)21)16(5)17-10-8-7-9-11-17/h7-11,13,16H,12H2,1-6H3/t16-/m0/s1. The summed E-state index contributed by atoms with van der Waals surface area (Å²) in [7, 11) is 1.68. The first-order chi connectivity index (χ1) is 13.7. The van der Waals surface area contributed by atoms with Crippen LogP contribution in [0.3, 0.4) is 0 Å². The highest BCUT2D eigenvalue weighted by Gasteiger charge is 2.25. The Balaban J connectivity index is 2.10. The number of hydrogen-bond acceptors (Lipinski definition) is 3. The molecule has 7 nitrogen and oxygen atoms in total. The second-order valence-electron chi connectivity index (χ2n) is 8.20. The van der Waals surface area contributed by atoms with Gasteiger partial charge >= 0.3 is 5.69 Å². The van der Waals surface area contributed by atoms with Crippen molar-refractivity contribution in [1.29, 1.82) is 0 Å². The van der Waals surface area contributed by atoms with Crippen molar-refractivity contribution in [2.75, 3.05) is 0 Å². The Bertz CT molecular complexity index is 1340. The molecule has 4 rings (SSSR count). The smallest absolute Gasteiger partial charge is 0.307 e. The van der Waals surface area contributed by atoms with Crippen LogP contribution in [0.25, 0.3) is 16.9 Å². The van der Waals surface area contributed by atoms with Gasteiger partial charge in [0.2, 0.25) is 5.78 Å². The lowest BCUT2D eigenvalue weighted by Crippen LogP contribution is -2.40. The van der Waals surface area contributed by atoms with Gasteiger partial charge in [-0.15, -0.1) is 0 Å². The van der Waals surface area contributed by atoms with Gasteiger partial charge in [-0.3, -0.25) is 18.3 Å². The Hall–Kier alpha value is -3.09. The minimum absolute atomic E-state index is 0.0409. The van der Waals surface area contributed by atoms with Gasteiger partial charge in [0.05, 0.1) is 6.04 Å². The highest BCUT2D eigenvalue weighted by molar-refractivity contribution is 5.76. The molecule has 0 saturated carbocycles. The lowest BCUT2D eigenvalue weighted by Gasteiger charge is -2.16. The zero-order valence-electron chi connectivity index (χ0n) is 17.8. The molecule has 0 aliphatic rings. The van der Waals surface area contributed by atoms with E-state index in [-0.39, 0.29) is 23.2 Å². The second kappa shape index (κ2) is 6.76. The molecule has 4 aromatic rings. The van der Waals surface area contributed by atoms with Gasteiger partial charge < -0.3 is 4.57 Å². The molecule has 7 heteroatoms. The van der Waals surface area contributed by atoms with Gasteiger partial charge in [0, 0.05) is 25.0 Å². The molecule has 0 aliphatic carbocycles. The van der Waals surface area contributed by atoms with Crippen LogP contribution in [-0.2, 0) is 13.6 Å². The minimum Gasteiger partial charge on any atom is -0.307 e. The third-order valence-corrected chi connectivity index (χ3v) is 5.78. The monoisotopic (exact) mass is 393 g/mol. The molecule has 152 valence electrons. The van der Waals surface area contributed by atoms with Crippen LogP contribution in [0.2, 0.25) is 0 Å². The summed E-state index contributed by atoms with van der Waals surface area (Å²) in [5.41, 5.74) is 3.44. The molecular weight excluding hydrogens is 366 g/mol. The molecule has 0 saturated heterocycles. The number of fused-ring (bicyclic) bond motifs is 3. The van der Waals surface area contributed by atoms with Gasteiger partial charge in [0.1, 0.15) is 0 Å². The van der Waals surface area contributed by atoms with E-state index in [0.29, 0.717) is 23.5 Å². The van der Waals surface area contributed by atoms with E-state index in [4.69, 9.17) is 4.98 Å². The highest BCUT2D eigenvalue weighted by Crippen LogP contribution is 2.27. The molecular formula is C22H27N5O2. The van der Waals surface area contributed by atoms with Crippen molar-refractivity contribution in [3.63, 3.8) is 0 Å². The Morgan fingerprint density at radius 3 is 2.28 bits per heavy atom. The Labute approximate surface area is 168 Å². The lowest BCUT2D eigenvalue weighted by atomic mass is 10.1. The molecule has 0 N–H and O–H groups in total. The molecule has 0 bridgehead atoms. The van der Waals surface area contributed by atoms with Crippen LogP contribution in [0.1, 0.15) is 43.8 Å². The van der Waals surface area contributed by atoms with E-state index in [2.05, 4.69) is 23.6 Å². The maximum absolute atomic E-state index is 13.3. The van der Waals surface area contributed by atoms with Crippen molar-refractivity contribution >= 4 is 16.9 Å². The second-order valence-corrected chi connectivity index (χ2v) is 8.20. The van der Waals surface area contributed by atoms with E-state index in [9.17, 15) is 9.59 Å². The topological polar surface area (TPSA) is 66.2 Å². The predicted molar refractivity (Wildman–Crippen MR) is 115 cm³/mol. The summed E-state index contributed by atoms with van der Waals surface area (Å²) in [5.74, 6) is 0.868. The van der Waals surface area contributed by atoms with Gasteiger partial charge in [-0.25, -0.2) is 4.79 Å². The van der Waals surface area contributed by atoms with Crippen molar-refractivity contribution in [2.24, 2.45) is 13.0 Å². The number of nitrogens with zero attached hydrogens (tertiary/aromatic N) is 5. The van der Waals surface area contributed by atoms with E-state index >= 15 is 0 Å². The van der Waals surface area contributed by atoms with Gasteiger partial charge in [-0.05, 0) is 32.3 Å². The minimum atomic E-state index is -0.325. The summed E-state index contributed by atoms with van der Waals surface area (Å²) in [4.78, 5) is 30.9. The number of aromatic nitrogens is 5. The summed E-state index contributed by atoms with van der Waals surface area (Å²) < 4.78 is 6.86. The molecule has 3 heterocycles. The van der Waals surface area contributed by atoms with Gasteiger partial charge in [0.15, 0.2) is 11.2 Å². The van der Waals surface area contributed by atoms with Crippen molar-refractivity contribution in [1.82, 2.24) is 23.1 Å². The summed E-state index contributed by atoms with van der Waals surface area (Å²) in [5, 5.41) is 0. The van der Waals surface area contributed by atoms with Crippen LogP contribution < -0.4 is 11.2 Å². The molecule has 0 amide bonds. The Morgan fingerprint density at radius 1 is 1.00 bits per heavy atom. The first kappa shape index (κ1) is 19.2. The molecule has 3 aromatic heterocycles. The molecule has 29 heavy (non-hydrogen) atoms. The van der Waals surface area contributed by atoms with Crippen molar-refractivity contribution in [3.8, 4) is 0 Å². The molecule has 0 unspecified atom stereocenters. The average molecular weight is 393 g/mol. The normalized spacial score (nSPS) is 13.1. The van der Waals surface area contributed by atoms with Gasteiger partial charge in [0.25, 0.3) is 5.56 Å². The third-order valence-electron chi connectivity index (χ3n) is 5.78. The van der Waals surface area contributed by atoms with E-state index in [1.165, 1.54) is 9.13 Å². The van der Waals surface area contributed by atoms with Crippen LogP contribution in [0.15, 0.2) is 39.9 Å². The van der Waals surface area contributed by atoms with Crippen LogP contribution in [0.5, 0.6) is 0 Å². The lowest BCUT2D eigenvalue weighted by molar-refractivity contribution is 0.484. The van der Waals surface area contributed by atoms with E-state index < -0.39 is 0 Å². The number of rotatable bonds is 4. The predicted octanol–water partition coefficient (Wildman–Crippen LogP) is 3.03. The van der Waals surface area contributed by atoms with E-state index in [1.54, 1.807) is 7.05 Å². The molecule has 0 aliphatic heterocycles. The number of aryl methyl sites for hydroxylation is 2. The quantitative estimate of drug-likeness (QED) is 0.535. The first-order valence-corrected chi connectivity index (χ1v) is 9.98. The fourth-order valence-electron chi connectivity index (χ4n) is 4.15. The van der Waals surface area contributed by atoms with Gasteiger partial charge in [-0.1, -0.05) is 44.2 Å². The SMILES string of the molecule is Cc1c(C)n2c3c(=O)n(CC(C)C)c(=O)n(C)c3nc2n1[C@@H](C)c1ccccc1. The van der Waals surface area contributed by atoms with E-state index in [0.717, 1.165) is 17.0 Å². The average Bonchev–Trinajstić information content (AvgIpc) is 3.19. The Morgan fingerprint density at radius 2 is 1.66 bits per heavy atom. The fourth-order valence-corrected chi connectivity index (χ4v) is 4.15. The number of imidazole rings is 2. The molecule has 0 spiro atoms. The summed E-state index contributed by atoms with van der Waals surface area (Å²) in [6.45, 7) is 10.5. The molecule has 1 aromatic carbocycles. The maximum Gasteiger partial charge on any atom is 0.332 e. The van der Waals surface area contributed by atoms with Crippen LogP contribution >= 0.6 is 0 Å². The summed E-state index contributed by atoms with van der Waals surface area (Å²) in [6.07, 6.45) is 0. The maximum atomic E-state index is 13.3. The molecule has 0 fully saturated rings. The number of benzene rings is 1. The molecule has 0 radical (unpaired) electrons. The first-order valence-electron chi connectivity index (χ1n) is 9.98. The highest BCUT2D eigenvalue weighted by atomic mass is 16.2. The van der Waals surface area contributed by atoms with Crippen molar-refractivity contribution < 1.29 is 0 Å². The van der Waals surface area contributed by atoms with E-state index in [1.807, 2.05) is 50.3 Å². The van der Waals surface area contributed by atoms with Crippen molar-refractivity contribution in [2.45, 2.75) is 47.2 Å². The fraction of sp³-hybridized carbons (Fsp3) is 0.409.